The van der Waals surface area contributed by atoms with E-state index in [2.05, 4.69) is 5.32 Å². The van der Waals surface area contributed by atoms with E-state index >= 15 is 0 Å². The molecule has 1 N–H and O–H groups in total. The molecule has 2 heteroatoms. The molecule has 2 aliphatic heterocycles. The molecule has 2 bridgehead atoms. The summed E-state index contributed by atoms with van der Waals surface area (Å²) in [5.41, 5.74) is 0. The van der Waals surface area contributed by atoms with Crippen LogP contribution < -0.4 is 5.32 Å². The fourth-order valence-electron chi connectivity index (χ4n) is 2.89. The van der Waals surface area contributed by atoms with Crippen LogP contribution in [-0.4, -0.2) is 24.8 Å². The lowest BCUT2D eigenvalue weighted by molar-refractivity contribution is 0.0913. The van der Waals surface area contributed by atoms with Gasteiger partial charge in [0.15, 0.2) is 0 Å². The zero-order valence-corrected chi connectivity index (χ0v) is 8.17. The van der Waals surface area contributed by atoms with Crippen molar-refractivity contribution >= 4 is 0 Å². The lowest BCUT2D eigenvalue weighted by atomic mass is 9.87. The van der Waals surface area contributed by atoms with Crippen molar-refractivity contribution in [1.29, 1.82) is 0 Å². The summed E-state index contributed by atoms with van der Waals surface area (Å²) in [6.45, 7) is 1.21. The first-order chi connectivity index (χ1) is 6.42. The topological polar surface area (TPSA) is 21.3 Å². The van der Waals surface area contributed by atoms with Crippen molar-refractivity contribution in [1.82, 2.24) is 5.32 Å². The fourth-order valence-corrected chi connectivity index (χ4v) is 2.89. The molecule has 74 valence electrons. The second-order valence-corrected chi connectivity index (χ2v) is 4.91. The first-order valence-corrected chi connectivity index (χ1v) is 5.80. The Labute approximate surface area is 80.0 Å². The maximum atomic E-state index is 5.83. The van der Waals surface area contributed by atoms with E-state index < -0.39 is 0 Å². The molecular formula is C11H19NO. The molecule has 3 fully saturated rings. The Kier molecular flexibility index (Phi) is 2.06. The van der Waals surface area contributed by atoms with E-state index in [1.807, 2.05) is 0 Å². The SMILES string of the molecule is C1CC(NCC2CC3CCC2O3)C1. The Bertz CT molecular complexity index is 191. The predicted molar refractivity (Wildman–Crippen MR) is 51.6 cm³/mol. The van der Waals surface area contributed by atoms with Gasteiger partial charge in [-0.05, 0) is 32.1 Å². The lowest BCUT2D eigenvalue weighted by Crippen LogP contribution is -2.40. The average Bonchev–Trinajstić information content (AvgIpc) is 2.61. The van der Waals surface area contributed by atoms with Crippen LogP contribution >= 0.6 is 0 Å². The molecule has 2 heterocycles. The first-order valence-electron chi connectivity index (χ1n) is 5.80. The zero-order valence-electron chi connectivity index (χ0n) is 8.17. The van der Waals surface area contributed by atoms with Crippen LogP contribution in [-0.2, 0) is 4.74 Å². The molecule has 1 aliphatic carbocycles. The summed E-state index contributed by atoms with van der Waals surface area (Å²) in [4.78, 5) is 0. The van der Waals surface area contributed by atoms with Crippen molar-refractivity contribution in [2.45, 2.75) is 56.8 Å². The van der Waals surface area contributed by atoms with Gasteiger partial charge >= 0.3 is 0 Å². The second-order valence-electron chi connectivity index (χ2n) is 4.91. The smallest absolute Gasteiger partial charge is 0.0621 e. The third kappa shape index (κ3) is 1.50. The summed E-state index contributed by atoms with van der Waals surface area (Å²) < 4.78 is 5.83. The van der Waals surface area contributed by atoms with Crippen molar-refractivity contribution in [3.05, 3.63) is 0 Å². The normalized spacial score (nSPS) is 43.8. The molecule has 2 saturated heterocycles. The van der Waals surface area contributed by atoms with Crippen molar-refractivity contribution in [2.75, 3.05) is 6.54 Å². The molecule has 1 saturated carbocycles. The molecule has 0 aromatic rings. The van der Waals surface area contributed by atoms with Gasteiger partial charge in [-0.3, -0.25) is 0 Å². The van der Waals surface area contributed by atoms with Crippen molar-refractivity contribution in [3.8, 4) is 0 Å². The number of hydrogen-bond acceptors (Lipinski definition) is 2. The van der Waals surface area contributed by atoms with Crippen LogP contribution in [0.15, 0.2) is 0 Å². The predicted octanol–water partition coefficient (Wildman–Crippen LogP) is 1.70. The van der Waals surface area contributed by atoms with Gasteiger partial charge in [-0.15, -0.1) is 0 Å². The largest absolute Gasteiger partial charge is 0.375 e. The quantitative estimate of drug-likeness (QED) is 0.715. The van der Waals surface area contributed by atoms with Gasteiger partial charge in [-0.25, -0.2) is 0 Å². The molecule has 0 aromatic carbocycles. The van der Waals surface area contributed by atoms with Crippen molar-refractivity contribution < 1.29 is 4.74 Å². The molecule has 0 amide bonds. The molecule has 3 atom stereocenters. The van der Waals surface area contributed by atoms with Crippen LogP contribution in [0.25, 0.3) is 0 Å². The second kappa shape index (κ2) is 3.25. The summed E-state index contributed by atoms with van der Waals surface area (Å²) in [5.74, 6) is 0.833. The highest BCUT2D eigenvalue weighted by atomic mass is 16.5. The Morgan fingerprint density at radius 1 is 1.15 bits per heavy atom. The molecule has 0 aromatic heterocycles. The van der Waals surface area contributed by atoms with Crippen molar-refractivity contribution in [3.63, 3.8) is 0 Å². The minimum atomic E-state index is 0.609. The molecule has 0 radical (unpaired) electrons. The van der Waals surface area contributed by atoms with Crippen LogP contribution in [0.4, 0.5) is 0 Å². The summed E-state index contributed by atoms with van der Waals surface area (Å²) in [7, 11) is 0. The zero-order chi connectivity index (χ0) is 8.67. The van der Waals surface area contributed by atoms with E-state index in [-0.39, 0.29) is 0 Å². The maximum absolute atomic E-state index is 5.83. The molecule has 3 aliphatic rings. The van der Waals surface area contributed by atoms with Gasteiger partial charge in [0.1, 0.15) is 0 Å². The first kappa shape index (κ1) is 8.25. The molecular weight excluding hydrogens is 162 g/mol. The standard InChI is InChI=1S/C11H19NO/c1-2-9(3-1)12-7-8-6-10-4-5-11(8)13-10/h8-12H,1-7H2. The number of rotatable bonds is 3. The van der Waals surface area contributed by atoms with E-state index in [0.29, 0.717) is 12.2 Å². The van der Waals surface area contributed by atoms with Crippen molar-refractivity contribution in [2.24, 2.45) is 5.92 Å². The minimum absolute atomic E-state index is 0.609. The number of nitrogens with one attached hydrogen (secondary N) is 1. The molecule has 3 rings (SSSR count). The number of hydrogen-bond donors (Lipinski definition) is 1. The van der Waals surface area contributed by atoms with Crippen LogP contribution in [0.3, 0.4) is 0 Å². The molecule has 2 nitrogen and oxygen atoms in total. The van der Waals surface area contributed by atoms with Gasteiger partial charge in [0, 0.05) is 18.5 Å². The molecule has 0 spiro atoms. The Morgan fingerprint density at radius 2 is 2.08 bits per heavy atom. The highest BCUT2D eigenvalue weighted by molar-refractivity contribution is 4.91. The Balaban J connectivity index is 1.45. The lowest BCUT2D eigenvalue weighted by Gasteiger charge is -2.29. The molecule has 3 unspecified atom stereocenters. The van der Waals surface area contributed by atoms with E-state index in [4.69, 9.17) is 4.74 Å². The number of fused-ring (bicyclic) bond motifs is 2. The fraction of sp³-hybridized carbons (Fsp3) is 1.00. The summed E-state index contributed by atoms with van der Waals surface area (Å²) in [6.07, 6.45) is 9.45. The highest BCUT2D eigenvalue weighted by Crippen LogP contribution is 2.38. The van der Waals surface area contributed by atoms with Gasteiger partial charge in [0.25, 0.3) is 0 Å². The molecule has 13 heavy (non-hydrogen) atoms. The highest BCUT2D eigenvalue weighted by Gasteiger charge is 2.40. The van der Waals surface area contributed by atoms with Gasteiger partial charge in [0.05, 0.1) is 12.2 Å². The van der Waals surface area contributed by atoms with E-state index in [9.17, 15) is 0 Å². The van der Waals surface area contributed by atoms with Gasteiger partial charge in [-0.2, -0.15) is 0 Å². The van der Waals surface area contributed by atoms with Gasteiger partial charge in [-0.1, -0.05) is 6.42 Å². The third-order valence-corrected chi connectivity index (χ3v) is 4.01. The average molecular weight is 181 g/mol. The summed E-state index contributed by atoms with van der Waals surface area (Å²) in [5, 5.41) is 3.67. The maximum Gasteiger partial charge on any atom is 0.0621 e. The Morgan fingerprint density at radius 3 is 2.62 bits per heavy atom. The Hall–Kier alpha value is -0.0800. The summed E-state index contributed by atoms with van der Waals surface area (Å²) >= 11 is 0. The van der Waals surface area contributed by atoms with Gasteiger partial charge < -0.3 is 10.1 Å². The summed E-state index contributed by atoms with van der Waals surface area (Å²) in [6, 6.07) is 0.846. The van der Waals surface area contributed by atoms with E-state index in [0.717, 1.165) is 12.0 Å². The minimum Gasteiger partial charge on any atom is -0.375 e. The van der Waals surface area contributed by atoms with E-state index in [1.165, 1.54) is 45.1 Å². The van der Waals surface area contributed by atoms with Gasteiger partial charge in [0.2, 0.25) is 0 Å². The third-order valence-electron chi connectivity index (χ3n) is 4.01. The monoisotopic (exact) mass is 181 g/mol. The van der Waals surface area contributed by atoms with Crippen LogP contribution in [0, 0.1) is 5.92 Å². The van der Waals surface area contributed by atoms with Crippen LogP contribution in [0.5, 0.6) is 0 Å². The van der Waals surface area contributed by atoms with E-state index in [1.54, 1.807) is 0 Å². The van der Waals surface area contributed by atoms with Crippen LogP contribution in [0.2, 0.25) is 0 Å². The van der Waals surface area contributed by atoms with Crippen LogP contribution in [0.1, 0.15) is 38.5 Å². The number of ether oxygens (including phenoxy) is 1.